The van der Waals surface area contributed by atoms with Crippen molar-refractivity contribution in [2.75, 3.05) is 0 Å². The molecule has 1 aromatic heterocycles. The van der Waals surface area contributed by atoms with Gasteiger partial charge in [0.1, 0.15) is 0 Å². The van der Waals surface area contributed by atoms with Gasteiger partial charge in [-0.05, 0) is 0 Å². The van der Waals surface area contributed by atoms with Gasteiger partial charge >= 0.3 is 83.3 Å². The van der Waals surface area contributed by atoms with Crippen LogP contribution in [0.5, 0.6) is 5.75 Å². The number of nitrogens with zero attached hydrogens (tertiary/aromatic N) is 1. The van der Waals surface area contributed by atoms with Gasteiger partial charge < -0.3 is 0 Å². The summed E-state index contributed by atoms with van der Waals surface area (Å²) in [6, 6.07) is 9.28. The Kier molecular flexibility index (Phi) is 2.51. The zero-order chi connectivity index (χ0) is 9.10. The van der Waals surface area contributed by atoms with Crippen LogP contribution in [0.3, 0.4) is 0 Å². The fraction of sp³-hybridized carbons (Fsp3) is 0. The summed E-state index contributed by atoms with van der Waals surface area (Å²) < 4.78 is 17.1. The zero-order valence-electron chi connectivity index (χ0n) is 6.77. The average molecular weight is 233 g/mol. The summed E-state index contributed by atoms with van der Waals surface area (Å²) >= 11 is -2.05. The van der Waals surface area contributed by atoms with E-state index in [4.69, 9.17) is 3.53 Å². The molecule has 0 bridgehead atoms. The van der Waals surface area contributed by atoms with Gasteiger partial charge in [-0.15, -0.1) is 0 Å². The molecule has 1 aromatic carbocycles. The second kappa shape index (κ2) is 3.80. The zero-order valence-corrected chi connectivity index (χ0v) is 9.20. The normalized spacial score (nSPS) is 9.92. The first kappa shape index (κ1) is 8.59. The van der Waals surface area contributed by atoms with Crippen LogP contribution in [0, 0.1) is 0 Å². The molecule has 0 saturated heterocycles. The molecule has 13 heavy (non-hydrogen) atoms. The summed E-state index contributed by atoms with van der Waals surface area (Å²) in [5.41, 5.74) is 0.736. The van der Waals surface area contributed by atoms with E-state index < -0.39 is 18.3 Å². The van der Waals surface area contributed by atoms with Gasteiger partial charge in [-0.1, -0.05) is 0 Å². The van der Waals surface area contributed by atoms with E-state index in [1.165, 1.54) is 0 Å². The molecule has 0 aliphatic heterocycles. The van der Waals surface area contributed by atoms with Gasteiger partial charge in [0.15, 0.2) is 0 Å². The van der Waals surface area contributed by atoms with E-state index in [2.05, 4.69) is 4.98 Å². The van der Waals surface area contributed by atoms with E-state index in [-0.39, 0.29) is 0 Å². The van der Waals surface area contributed by atoms with Gasteiger partial charge in [0.05, 0.1) is 0 Å². The molecule has 0 N–H and O–H groups in total. The predicted molar refractivity (Wildman–Crippen MR) is 49.2 cm³/mol. The Morgan fingerprint density at radius 1 is 1.23 bits per heavy atom. The van der Waals surface area contributed by atoms with Crippen LogP contribution < -0.4 is 3.53 Å². The maximum absolute atomic E-state index is 12.1. The number of rotatable bonds is 2. The molecular weight excluding hydrogens is 227 g/mol. The third-order valence-corrected chi connectivity index (χ3v) is 2.49. The molecule has 1 heterocycles. The minimum atomic E-state index is -2.05. The Bertz CT molecular complexity index is 416. The Balaban J connectivity index is 2.61. The van der Waals surface area contributed by atoms with Gasteiger partial charge in [0.25, 0.3) is 0 Å². The number of pyridine rings is 1. The number of benzene rings is 1. The van der Waals surface area contributed by atoms with Crippen LogP contribution in [-0.2, 0) is 0 Å². The number of hydrogen-bond donors (Lipinski definition) is 0. The summed E-state index contributed by atoms with van der Waals surface area (Å²) in [6.45, 7) is 0. The van der Waals surface area contributed by atoms with Crippen molar-refractivity contribution in [1.29, 1.82) is 0 Å². The quantitative estimate of drug-likeness (QED) is 0.741. The first-order chi connectivity index (χ1) is 6.42. The van der Waals surface area contributed by atoms with Crippen LogP contribution in [0.4, 0.5) is 3.29 Å². The molecule has 2 aromatic rings. The van der Waals surface area contributed by atoms with E-state index in [0.717, 1.165) is 10.9 Å². The minimum absolute atomic E-state index is 0.556. The molecule has 0 aliphatic rings. The Morgan fingerprint density at radius 2 is 2.08 bits per heavy atom. The third kappa shape index (κ3) is 1.68. The molecule has 0 spiro atoms. The number of hydrogen-bond acceptors (Lipinski definition) is 2. The molecule has 4 heteroatoms. The van der Waals surface area contributed by atoms with Crippen LogP contribution in [0.15, 0.2) is 36.5 Å². The van der Waals surface area contributed by atoms with E-state index in [1.807, 2.05) is 24.3 Å². The summed E-state index contributed by atoms with van der Waals surface area (Å²) in [4.78, 5) is 4.13. The number of fused-ring (bicyclic) bond motifs is 1. The second-order valence-corrected chi connectivity index (χ2v) is 3.41. The monoisotopic (exact) mass is 232 g/mol. The van der Waals surface area contributed by atoms with Gasteiger partial charge in [-0.2, -0.15) is 0 Å². The van der Waals surface area contributed by atoms with Crippen molar-refractivity contribution in [1.82, 2.24) is 4.98 Å². The average Bonchev–Trinajstić information content (AvgIpc) is 2.19. The van der Waals surface area contributed by atoms with Gasteiger partial charge in [0.2, 0.25) is 0 Å². The van der Waals surface area contributed by atoms with Crippen LogP contribution >= 0.6 is 0 Å². The van der Waals surface area contributed by atoms with Crippen LogP contribution in [0.25, 0.3) is 10.9 Å². The van der Waals surface area contributed by atoms with Crippen molar-refractivity contribution in [3.8, 4) is 5.75 Å². The Hall–Kier alpha value is -1.00. The molecule has 2 nitrogen and oxygen atoms in total. The van der Waals surface area contributed by atoms with Gasteiger partial charge in [0, 0.05) is 0 Å². The molecule has 0 saturated carbocycles. The molecule has 0 atom stereocenters. The van der Waals surface area contributed by atoms with Crippen LogP contribution in [0.1, 0.15) is 0 Å². The Morgan fingerprint density at radius 3 is 2.92 bits per heavy atom. The first-order valence-electron chi connectivity index (χ1n) is 3.84. The second-order valence-electron chi connectivity index (χ2n) is 2.54. The maximum atomic E-state index is 12.1. The molecule has 2 rings (SSSR count). The molecule has 1 radical (unpaired) electrons. The molecule has 0 fully saturated rings. The van der Waals surface area contributed by atoms with Crippen molar-refractivity contribution in [2.24, 2.45) is 0 Å². The summed E-state index contributed by atoms with van der Waals surface area (Å²) in [5, 5.41) is 0.977. The predicted octanol–water partition coefficient (Wildman–Crippen LogP) is 2.12. The number of para-hydroxylation sites is 1. The van der Waals surface area contributed by atoms with E-state index in [9.17, 15) is 3.29 Å². The van der Waals surface area contributed by atoms with Crippen molar-refractivity contribution in [3.05, 3.63) is 36.5 Å². The van der Waals surface area contributed by atoms with Crippen molar-refractivity contribution in [2.45, 2.75) is 0 Å². The fourth-order valence-corrected chi connectivity index (χ4v) is 1.82. The van der Waals surface area contributed by atoms with Crippen molar-refractivity contribution in [3.63, 3.8) is 0 Å². The standard InChI is InChI=1S/C9H7NO.FH.Ga/c11-8-5-1-3-7-4-2-6-10-9(7)8;;/h1-6,11H;1H;/q;;+2/p-2. The molecular formula is C9H6FGaNO. The summed E-state index contributed by atoms with van der Waals surface area (Å²) in [5.74, 6) is 0.556. The van der Waals surface area contributed by atoms with Crippen molar-refractivity contribution < 1.29 is 6.81 Å². The molecule has 0 amide bonds. The van der Waals surface area contributed by atoms with E-state index in [1.54, 1.807) is 12.3 Å². The fourth-order valence-electron chi connectivity index (χ4n) is 1.22. The van der Waals surface area contributed by atoms with Crippen LogP contribution in [0.2, 0.25) is 0 Å². The van der Waals surface area contributed by atoms with Gasteiger partial charge in [-0.3, -0.25) is 0 Å². The third-order valence-electron chi connectivity index (χ3n) is 1.77. The van der Waals surface area contributed by atoms with Crippen molar-refractivity contribution >= 4 is 29.2 Å². The summed E-state index contributed by atoms with van der Waals surface area (Å²) in [6.07, 6.45) is 1.68. The molecule has 0 aliphatic carbocycles. The van der Waals surface area contributed by atoms with Gasteiger partial charge in [-0.25, -0.2) is 0 Å². The number of aromatic nitrogens is 1. The first-order valence-corrected chi connectivity index (χ1v) is 5.74. The van der Waals surface area contributed by atoms with E-state index in [0.29, 0.717) is 5.75 Å². The SMILES string of the molecule is [F][Ga][O]c1cccc2cccnc12. The topological polar surface area (TPSA) is 22.1 Å². The number of halogens is 1. The molecule has 63 valence electrons. The Labute approximate surface area is 83.5 Å². The molecule has 0 unspecified atom stereocenters. The summed E-state index contributed by atoms with van der Waals surface area (Å²) in [7, 11) is 0. The van der Waals surface area contributed by atoms with Crippen LogP contribution in [-0.4, -0.2) is 23.3 Å². The van der Waals surface area contributed by atoms with E-state index >= 15 is 0 Å².